The Morgan fingerprint density at radius 2 is 0.883 bits per heavy atom. The van der Waals surface area contributed by atoms with E-state index in [-0.39, 0.29) is 0 Å². The van der Waals surface area contributed by atoms with Crippen molar-refractivity contribution in [1.29, 1.82) is 0 Å². The molecule has 0 aliphatic heterocycles. The second-order valence-corrected chi connectivity index (χ2v) is 16.0. The fourth-order valence-corrected chi connectivity index (χ4v) is 10.5. The van der Waals surface area contributed by atoms with Gasteiger partial charge in [0.15, 0.2) is 5.82 Å². The van der Waals surface area contributed by atoms with Crippen molar-refractivity contribution >= 4 is 32.6 Å². The molecule has 2 aliphatic carbocycles. The number of rotatable bonds is 4. The molecule has 13 rings (SSSR count). The van der Waals surface area contributed by atoms with E-state index in [2.05, 4.69) is 217 Å². The number of hydrogen-bond donors (Lipinski definition) is 0. The standard InChI is InChI=1S/C57H35N3/c1-2-16-38(17-3-1)56-58-54(46-24-14-18-37-15-4-5-19-41(37)46)53-55(59-56)47-34-31-39(35-50(47)57(53)48-25-10-6-20-42(48)43-21-7-11-26-49(43)57)36-29-32-40(33-30-36)60-51-27-12-8-22-44(51)45-23-9-13-28-52(45)60/h1-35H. The highest BCUT2D eigenvalue weighted by Crippen LogP contribution is 2.64. The lowest BCUT2D eigenvalue weighted by molar-refractivity contribution is 0.788. The Kier molecular flexibility index (Phi) is 6.93. The zero-order valence-electron chi connectivity index (χ0n) is 32.5. The normalized spacial score (nSPS) is 13.1. The van der Waals surface area contributed by atoms with Crippen LogP contribution in [0.15, 0.2) is 212 Å². The van der Waals surface area contributed by atoms with Crippen molar-refractivity contribution in [1.82, 2.24) is 14.5 Å². The van der Waals surface area contributed by atoms with Crippen LogP contribution in [0.4, 0.5) is 0 Å². The van der Waals surface area contributed by atoms with E-state index in [4.69, 9.17) is 9.97 Å². The largest absolute Gasteiger partial charge is 0.309 e. The molecule has 0 saturated heterocycles. The monoisotopic (exact) mass is 761 g/mol. The minimum absolute atomic E-state index is 0.654. The van der Waals surface area contributed by atoms with Gasteiger partial charge in [0.25, 0.3) is 0 Å². The van der Waals surface area contributed by atoms with Crippen LogP contribution in [-0.4, -0.2) is 14.5 Å². The highest BCUT2D eigenvalue weighted by atomic mass is 15.0. The summed E-state index contributed by atoms with van der Waals surface area (Å²) in [4.78, 5) is 11.2. The molecule has 0 amide bonds. The Balaban J connectivity index is 1.08. The number of hydrogen-bond acceptors (Lipinski definition) is 2. The van der Waals surface area contributed by atoms with E-state index in [1.54, 1.807) is 0 Å². The Hall–Kier alpha value is -7.88. The molecule has 9 aromatic carbocycles. The first-order valence-corrected chi connectivity index (χ1v) is 20.7. The van der Waals surface area contributed by atoms with Crippen LogP contribution in [0, 0.1) is 0 Å². The van der Waals surface area contributed by atoms with Gasteiger partial charge in [0.05, 0.1) is 27.8 Å². The second-order valence-electron chi connectivity index (χ2n) is 16.0. The topological polar surface area (TPSA) is 30.7 Å². The van der Waals surface area contributed by atoms with E-state index in [1.165, 1.54) is 71.5 Å². The minimum Gasteiger partial charge on any atom is -0.309 e. The highest BCUT2D eigenvalue weighted by molar-refractivity contribution is 6.09. The summed E-state index contributed by atoms with van der Waals surface area (Å²) in [6, 6.07) is 77.2. The summed E-state index contributed by atoms with van der Waals surface area (Å²) < 4.78 is 2.38. The summed E-state index contributed by atoms with van der Waals surface area (Å²) in [6.07, 6.45) is 0. The molecule has 0 bridgehead atoms. The van der Waals surface area contributed by atoms with Crippen LogP contribution in [0.5, 0.6) is 0 Å². The summed E-state index contributed by atoms with van der Waals surface area (Å²) >= 11 is 0. The Morgan fingerprint density at radius 3 is 1.58 bits per heavy atom. The van der Waals surface area contributed by atoms with Gasteiger partial charge in [0, 0.05) is 38.7 Å². The van der Waals surface area contributed by atoms with E-state index in [1.807, 2.05) is 0 Å². The summed E-state index contributed by atoms with van der Waals surface area (Å²) in [7, 11) is 0. The second kappa shape index (κ2) is 12.6. The van der Waals surface area contributed by atoms with E-state index >= 15 is 0 Å². The molecule has 11 aromatic rings. The van der Waals surface area contributed by atoms with Crippen LogP contribution in [0.25, 0.3) is 94.4 Å². The van der Waals surface area contributed by atoms with Gasteiger partial charge in [-0.1, -0.05) is 182 Å². The molecular weight excluding hydrogens is 727 g/mol. The van der Waals surface area contributed by atoms with Crippen molar-refractivity contribution < 1.29 is 0 Å². The Bertz CT molecular complexity index is 3440. The maximum atomic E-state index is 5.63. The predicted octanol–water partition coefficient (Wildman–Crippen LogP) is 14.1. The third kappa shape index (κ3) is 4.49. The van der Waals surface area contributed by atoms with E-state index < -0.39 is 5.41 Å². The van der Waals surface area contributed by atoms with Gasteiger partial charge in [-0.3, -0.25) is 0 Å². The van der Waals surface area contributed by atoms with Gasteiger partial charge in [0.2, 0.25) is 0 Å². The molecule has 1 spiro atoms. The molecule has 0 radical (unpaired) electrons. The number of aromatic nitrogens is 3. The smallest absolute Gasteiger partial charge is 0.160 e. The highest BCUT2D eigenvalue weighted by Gasteiger charge is 2.54. The average molecular weight is 762 g/mol. The number of nitrogens with zero attached hydrogens (tertiary/aromatic N) is 3. The summed E-state index contributed by atoms with van der Waals surface area (Å²) in [5.41, 5.74) is 17.9. The van der Waals surface area contributed by atoms with Crippen molar-refractivity contribution in [2.45, 2.75) is 5.41 Å². The molecule has 3 nitrogen and oxygen atoms in total. The molecule has 60 heavy (non-hydrogen) atoms. The van der Waals surface area contributed by atoms with Gasteiger partial charge < -0.3 is 4.57 Å². The molecule has 0 atom stereocenters. The summed E-state index contributed by atoms with van der Waals surface area (Å²) in [5.74, 6) is 0.726. The van der Waals surface area contributed by atoms with Gasteiger partial charge >= 0.3 is 0 Å². The van der Waals surface area contributed by atoms with Crippen molar-refractivity contribution in [3.05, 3.63) is 235 Å². The SMILES string of the molecule is c1ccc(-c2nc3c(c(-c4cccc5ccccc45)n2)C2(c4ccccc4-c4ccccc42)c2cc(-c4ccc(-n5c6ccccc6c6ccccc65)cc4)ccc2-3)cc1. The third-order valence-electron chi connectivity index (χ3n) is 13.0. The molecule has 0 N–H and O–H groups in total. The average Bonchev–Trinajstić information content (AvgIpc) is 3.93. The lowest BCUT2D eigenvalue weighted by atomic mass is 9.69. The van der Waals surface area contributed by atoms with Crippen LogP contribution in [0.3, 0.4) is 0 Å². The first-order chi connectivity index (χ1) is 29.8. The predicted molar refractivity (Wildman–Crippen MR) is 246 cm³/mol. The Labute approximate surface area is 347 Å². The van der Waals surface area contributed by atoms with Gasteiger partial charge in [-0.25, -0.2) is 9.97 Å². The molecule has 2 heterocycles. The lowest BCUT2D eigenvalue weighted by Crippen LogP contribution is -2.27. The first-order valence-electron chi connectivity index (χ1n) is 20.7. The fourth-order valence-electron chi connectivity index (χ4n) is 10.5. The maximum Gasteiger partial charge on any atom is 0.160 e. The molecule has 2 aliphatic rings. The number of benzene rings is 9. The maximum absolute atomic E-state index is 5.63. The van der Waals surface area contributed by atoms with Gasteiger partial charge in [-0.05, 0) is 80.0 Å². The molecule has 0 unspecified atom stereocenters. The van der Waals surface area contributed by atoms with E-state index in [0.29, 0.717) is 0 Å². The van der Waals surface area contributed by atoms with Crippen LogP contribution in [-0.2, 0) is 5.41 Å². The lowest BCUT2D eigenvalue weighted by Gasteiger charge is -2.32. The van der Waals surface area contributed by atoms with Gasteiger partial charge in [-0.2, -0.15) is 0 Å². The zero-order chi connectivity index (χ0) is 39.4. The molecule has 2 aromatic heterocycles. The molecule has 0 fully saturated rings. The molecular formula is C57H35N3. The van der Waals surface area contributed by atoms with Crippen molar-refractivity contribution in [2.75, 3.05) is 0 Å². The minimum atomic E-state index is -0.654. The summed E-state index contributed by atoms with van der Waals surface area (Å²) in [5, 5.41) is 4.89. The van der Waals surface area contributed by atoms with E-state index in [0.717, 1.165) is 45.2 Å². The molecule has 0 saturated carbocycles. The molecule has 278 valence electrons. The fraction of sp³-hybridized carbons (Fsp3) is 0.0175. The van der Waals surface area contributed by atoms with Crippen LogP contribution < -0.4 is 0 Å². The van der Waals surface area contributed by atoms with Crippen molar-refractivity contribution in [3.8, 4) is 61.8 Å². The third-order valence-corrected chi connectivity index (χ3v) is 13.0. The number of fused-ring (bicyclic) bond motifs is 14. The van der Waals surface area contributed by atoms with Crippen LogP contribution in [0.2, 0.25) is 0 Å². The van der Waals surface area contributed by atoms with E-state index in [9.17, 15) is 0 Å². The van der Waals surface area contributed by atoms with Crippen molar-refractivity contribution in [3.63, 3.8) is 0 Å². The molecule has 3 heteroatoms. The Morgan fingerprint density at radius 1 is 0.350 bits per heavy atom. The van der Waals surface area contributed by atoms with Crippen LogP contribution in [0.1, 0.15) is 22.3 Å². The number of para-hydroxylation sites is 2. The van der Waals surface area contributed by atoms with Crippen LogP contribution >= 0.6 is 0 Å². The van der Waals surface area contributed by atoms with Crippen molar-refractivity contribution in [2.24, 2.45) is 0 Å². The zero-order valence-corrected chi connectivity index (χ0v) is 32.5. The van der Waals surface area contributed by atoms with Gasteiger partial charge in [0.1, 0.15) is 0 Å². The summed E-state index contributed by atoms with van der Waals surface area (Å²) in [6.45, 7) is 0. The quantitative estimate of drug-likeness (QED) is 0.179. The first kappa shape index (κ1) is 33.1. The van der Waals surface area contributed by atoms with Gasteiger partial charge in [-0.15, -0.1) is 0 Å².